The van der Waals surface area contributed by atoms with Gasteiger partial charge in [-0.25, -0.2) is 0 Å². The molecule has 0 spiro atoms. The Morgan fingerprint density at radius 1 is 0.917 bits per heavy atom. The van der Waals surface area contributed by atoms with Gasteiger partial charge in [0.05, 0.1) is 10.9 Å². The zero-order chi connectivity index (χ0) is 16.4. The van der Waals surface area contributed by atoms with Gasteiger partial charge in [0.2, 0.25) is 0 Å². The molecule has 2 bridgehead atoms. The van der Waals surface area contributed by atoms with Gasteiger partial charge in [0.15, 0.2) is 0 Å². The van der Waals surface area contributed by atoms with E-state index in [0.29, 0.717) is 18.1 Å². The smallest absolute Gasteiger partial charge is 0.260 e. The molecule has 24 heavy (non-hydrogen) atoms. The second kappa shape index (κ2) is 4.96. The van der Waals surface area contributed by atoms with E-state index in [1.807, 2.05) is 29.9 Å². The molecule has 5 rings (SSSR count). The van der Waals surface area contributed by atoms with E-state index in [2.05, 4.69) is 34.7 Å². The average Bonchev–Trinajstić information content (AvgIpc) is 2.98. The van der Waals surface area contributed by atoms with Gasteiger partial charge >= 0.3 is 0 Å². The Hall–Kier alpha value is -2.07. The van der Waals surface area contributed by atoms with Crippen molar-refractivity contribution >= 4 is 21.8 Å². The molecule has 2 aliphatic rings. The number of pyridine rings is 1. The number of aryl methyl sites for hydroxylation is 1. The van der Waals surface area contributed by atoms with Crippen LogP contribution in [0.3, 0.4) is 0 Å². The summed E-state index contributed by atoms with van der Waals surface area (Å²) >= 11 is 0. The van der Waals surface area contributed by atoms with Gasteiger partial charge in [0.25, 0.3) is 5.56 Å². The molecule has 124 valence electrons. The molecule has 2 aromatic heterocycles. The van der Waals surface area contributed by atoms with Crippen molar-refractivity contribution in [1.29, 1.82) is 0 Å². The van der Waals surface area contributed by atoms with Crippen LogP contribution in [0.1, 0.15) is 31.7 Å². The first-order chi connectivity index (χ1) is 11.6. The number of hydrogen-bond acceptors (Lipinski definition) is 2. The number of benzene rings is 1. The molecular weight excluding hydrogens is 298 g/mol. The first-order valence-corrected chi connectivity index (χ1v) is 8.95. The molecule has 2 unspecified atom stereocenters. The number of fused-ring (bicyclic) bond motifs is 5. The lowest BCUT2D eigenvalue weighted by Gasteiger charge is -2.37. The van der Waals surface area contributed by atoms with Crippen molar-refractivity contribution in [3.8, 4) is 0 Å². The minimum atomic E-state index is 0.179. The fourth-order valence-corrected chi connectivity index (χ4v) is 5.08. The van der Waals surface area contributed by atoms with E-state index < -0.39 is 0 Å². The summed E-state index contributed by atoms with van der Waals surface area (Å²) in [6.07, 6.45) is 6.79. The van der Waals surface area contributed by atoms with E-state index in [1.165, 1.54) is 12.8 Å². The van der Waals surface area contributed by atoms with E-state index in [-0.39, 0.29) is 5.56 Å². The summed E-state index contributed by atoms with van der Waals surface area (Å²) in [5.41, 5.74) is 2.34. The van der Waals surface area contributed by atoms with Crippen molar-refractivity contribution in [3.63, 3.8) is 0 Å². The van der Waals surface area contributed by atoms with Gasteiger partial charge in [0.1, 0.15) is 0 Å². The Morgan fingerprint density at radius 3 is 2.38 bits per heavy atom. The van der Waals surface area contributed by atoms with Gasteiger partial charge in [-0.1, -0.05) is 18.2 Å². The summed E-state index contributed by atoms with van der Waals surface area (Å²) in [6, 6.07) is 12.0. The zero-order valence-corrected chi connectivity index (χ0v) is 14.3. The summed E-state index contributed by atoms with van der Waals surface area (Å²) in [5, 5.41) is 1.95. The van der Waals surface area contributed by atoms with Gasteiger partial charge in [-0.3, -0.25) is 4.79 Å². The Morgan fingerprint density at radius 2 is 1.62 bits per heavy atom. The van der Waals surface area contributed by atoms with Crippen LogP contribution in [0.2, 0.25) is 0 Å². The Bertz CT molecular complexity index is 985. The molecule has 4 nitrogen and oxygen atoms in total. The van der Waals surface area contributed by atoms with Crippen molar-refractivity contribution < 1.29 is 0 Å². The van der Waals surface area contributed by atoms with Gasteiger partial charge in [0, 0.05) is 42.3 Å². The van der Waals surface area contributed by atoms with Crippen LogP contribution in [0.25, 0.3) is 21.8 Å². The van der Waals surface area contributed by atoms with Crippen molar-refractivity contribution in [2.75, 3.05) is 7.05 Å². The average molecular weight is 321 g/mol. The molecule has 2 atom stereocenters. The maximum atomic E-state index is 13.3. The van der Waals surface area contributed by atoms with E-state index in [4.69, 9.17) is 0 Å². The summed E-state index contributed by atoms with van der Waals surface area (Å²) in [4.78, 5) is 15.8. The van der Waals surface area contributed by atoms with Gasteiger partial charge in [-0.15, -0.1) is 0 Å². The number of para-hydroxylation sites is 1. The maximum Gasteiger partial charge on any atom is 0.260 e. The minimum absolute atomic E-state index is 0.179. The molecule has 4 heteroatoms. The Labute approximate surface area is 141 Å². The summed E-state index contributed by atoms with van der Waals surface area (Å²) < 4.78 is 4.15. The molecule has 2 fully saturated rings. The topological polar surface area (TPSA) is 30.2 Å². The predicted molar refractivity (Wildman–Crippen MR) is 97.5 cm³/mol. The number of hydrogen-bond donors (Lipinski definition) is 0. The highest BCUT2D eigenvalue weighted by atomic mass is 16.1. The fraction of sp³-hybridized carbons (Fsp3) is 0.450. The molecule has 2 saturated heterocycles. The van der Waals surface area contributed by atoms with Crippen LogP contribution >= 0.6 is 0 Å². The standard InChI is InChI=1S/C20H23N3O/c1-21-13-7-8-14(21)12-15(11-13)23-10-9-18-19(20(23)24)16-5-3-4-6-17(16)22(18)2/h3-6,9-10,13-15H,7-8,11-12H2,1-2H3. The zero-order valence-electron chi connectivity index (χ0n) is 14.3. The van der Waals surface area contributed by atoms with E-state index in [9.17, 15) is 4.79 Å². The number of piperidine rings is 1. The first kappa shape index (κ1) is 14.3. The predicted octanol–water partition coefficient (Wildman–Crippen LogP) is 3.29. The monoisotopic (exact) mass is 321 g/mol. The van der Waals surface area contributed by atoms with E-state index in [1.54, 1.807) is 0 Å². The van der Waals surface area contributed by atoms with Crippen LogP contribution in [0.15, 0.2) is 41.3 Å². The molecular formula is C20H23N3O. The van der Waals surface area contributed by atoms with Gasteiger partial charge in [-0.05, 0) is 44.9 Å². The van der Waals surface area contributed by atoms with Crippen molar-refractivity contribution in [1.82, 2.24) is 14.0 Å². The molecule has 0 saturated carbocycles. The third kappa shape index (κ3) is 1.80. The second-order valence-corrected chi connectivity index (χ2v) is 7.54. The molecule has 3 aromatic rings. The van der Waals surface area contributed by atoms with Crippen molar-refractivity contribution in [2.24, 2.45) is 7.05 Å². The lowest BCUT2D eigenvalue weighted by atomic mass is 9.97. The third-order valence-corrected chi connectivity index (χ3v) is 6.46. The first-order valence-electron chi connectivity index (χ1n) is 8.95. The number of aromatic nitrogens is 2. The summed E-state index contributed by atoms with van der Waals surface area (Å²) in [6.45, 7) is 0. The molecule has 0 radical (unpaired) electrons. The quantitative estimate of drug-likeness (QED) is 0.688. The molecule has 1 aromatic carbocycles. The number of rotatable bonds is 1. The van der Waals surface area contributed by atoms with Crippen molar-refractivity contribution in [2.45, 2.75) is 43.8 Å². The summed E-state index contributed by atoms with van der Waals surface area (Å²) in [7, 11) is 4.29. The highest BCUT2D eigenvalue weighted by Crippen LogP contribution is 2.39. The molecule has 0 N–H and O–H groups in total. The van der Waals surface area contributed by atoms with Crippen LogP contribution in [-0.4, -0.2) is 33.2 Å². The maximum absolute atomic E-state index is 13.3. The Balaban J connectivity index is 1.70. The molecule has 2 aliphatic heterocycles. The fourth-order valence-electron chi connectivity index (χ4n) is 5.08. The highest BCUT2D eigenvalue weighted by molar-refractivity contribution is 6.07. The van der Waals surface area contributed by atoms with Crippen LogP contribution < -0.4 is 5.56 Å². The van der Waals surface area contributed by atoms with E-state index >= 15 is 0 Å². The SMILES string of the molecule is CN1C2CCC1CC(n1ccc3c(c1=O)c1ccccc1n3C)C2. The second-order valence-electron chi connectivity index (χ2n) is 7.54. The van der Waals surface area contributed by atoms with Gasteiger partial charge in [-0.2, -0.15) is 0 Å². The number of nitrogens with zero attached hydrogens (tertiary/aromatic N) is 3. The Kier molecular flexibility index (Phi) is 2.95. The molecule has 0 aliphatic carbocycles. The third-order valence-electron chi connectivity index (χ3n) is 6.46. The lowest BCUT2D eigenvalue weighted by molar-refractivity contribution is 0.136. The molecule has 4 heterocycles. The van der Waals surface area contributed by atoms with Crippen LogP contribution in [0, 0.1) is 0 Å². The summed E-state index contributed by atoms with van der Waals surface area (Å²) in [5.74, 6) is 0. The van der Waals surface area contributed by atoms with Gasteiger partial charge < -0.3 is 14.0 Å². The molecule has 0 amide bonds. The minimum Gasteiger partial charge on any atom is -0.343 e. The largest absolute Gasteiger partial charge is 0.343 e. The van der Waals surface area contributed by atoms with Crippen LogP contribution in [0.5, 0.6) is 0 Å². The van der Waals surface area contributed by atoms with Crippen LogP contribution in [0.4, 0.5) is 0 Å². The normalized spacial score (nSPS) is 27.3. The van der Waals surface area contributed by atoms with E-state index in [0.717, 1.165) is 34.6 Å². The van der Waals surface area contributed by atoms with Crippen molar-refractivity contribution in [3.05, 3.63) is 46.9 Å². The lowest BCUT2D eigenvalue weighted by Crippen LogP contribution is -2.42. The van der Waals surface area contributed by atoms with Crippen LogP contribution in [-0.2, 0) is 7.05 Å². The highest BCUT2D eigenvalue weighted by Gasteiger charge is 2.39.